The van der Waals surface area contributed by atoms with Crippen molar-refractivity contribution in [1.29, 1.82) is 0 Å². The molecule has 1 unspecified atom stereocenters. The van der Waals surface area contributed by atoms with Crippen molar-refractivity contribution in [2.75, 3.05) is 5.73 Å². The van der Waals surface area contributed by atoms with Gasteiger partial charge in [-0.25, -0.2) is 4.39 Å². The second kappa shape index (κ2) is 5.38. The third kappa shape index (κ3) is 2.81. The number of nitrogens with one attached hydrogen (secondary N) is 1. The second-order valence-corrected chi connectivity index (χ2v) is 5.04. The quantitative estimate of drug-likeness (QED) is 0.810. The molecule has 1 amide bonds. The third-order valence-corrected chi connectivity index (χ3v) is 3.72. The largest absolute Gasteiger partial charge is 0.396 e. The van der Waals surface area contributed by atoms with Gasteiger partial charge in [0.1, 0.15) is 5.82 Å². The normalized spacial score (nSPS) is 17.7. The lowest BCUT2D eigenvalue weighted by Crippen LogP contribution is -2.37. The van der Waals surface area contributed by atoms with Crippen LogP contribution in [0.2, 0.25) is 0 Å². The summed E-state index contributed by atoms with van der Waals surface area (Å²) in [5, 5.41) is 2.97. The van der Waals surface area contributed by atoms with Crippen molar-refractivity contribution in [3.05, 3.63) is 29.6 Å². The summed E-state index contributed by atoms with van der Waals surface area (Å²) in [4.78, 5) is 12.0. The van der Waals surface area contributed by atoms with E-state index in [1.54, 1.807) is 0 Å². The number of carbonyl (C=O) groups is 1. The van der Waals surface area contributed by atoms with Crippen molar-refractivity contribution in [3.8, 4) is 0 Å². The summed E-state index contributed by atoms with van der Waals surface area (Å²) in [6.45, 7) is 2.03. The number of carbonyl (C=O) groups excluding carboxylic acids is 1. The Hall–Kier alpha value is -1.58. The van der Waals surface area contributed by atoms with Crippen molar-refractivity contribution in [2.45, 2.75) is 38.6 Å². The Bertz CT molecular complexity index is 441. The number of anilines is 1. The number of hydrogen-bond donors (Lipinski definition) is 2. The molecule has 4 heteroatoms. The first kappa shape index (κ1) is 12.9. The Morgan fingerprint density at radius 3 is 2.72 bits per heavy atom. The zero-order valence-electron chi connectivity index (χ0n) is 10.6. The van der Waals surface area contributed by atoms with E-state index in [9.17, 15) is 9.18 Å². The van der Waals surface area contributed by atoms with Crippen LogP contribution in [0.5, 0.6) is 0 Å². The molecular weight excluding hydrogens is 231 g/mol. The highest BCUT2D eigenvalue weighted by molar-refractivity contribution is 5.95. The molecule has 0 heterocycles. The highest BCUT2D eigenvalue weighted by atomic mass is 19.1. The summed E-state index contributed by atoms with van der Waals surface area (Å²) in [5.41, 5.74) is 5.88. The first-order valence-electron chi connectivity index (χ1n) is 6.44. The number of hydrogen-bond acceptors (Lipinski definition) is 2. The van der Waals surface area contributed by atoms with Crippen molar-refractivity contribution < 1.29 is 9.18 Å². The van der Waals surface area contributed by atoms with E-state index < -0.39 is 5.82 Å². The summed E-state index contributed by atoms with van der Waals surface area (Å²) >= 11 is 0. The van der Waals surface area contributed by atoms with Crippen LogP contribution < -0.4 is 11.1 Å². The summed E-state index contributed by atoms with van der Waals surface area (Å²) in [7, 11) is 0. The molecule has 0 aliphatic heterocycles. The van der Waals surface area contributed by atoms with Crippen molar-refractivity contribution in [2.24, 2.45) is 5.92 Å². The van der Waals surface area contributed by atoms with Gasteiger partial charge in [-0.2, -0.15) is 0 Å². The molecule has 1 aromatic carbocycles. The van der Waals surface area contributed by atoms with Crippen LogP contribution in [0.1, 0.15) is 43.0 Å². The van der Waals surface area contributed by atoms with Gasteiger partial charge in [-0.05, 0) is 43.9 Å². The number of halogens is 1. The van der Waals surface area contributed by atoms with Gasteiger partial charge < -0.3 is 11.1 Å². The lowest BCUT2D eigenvalue weighted by Gasteiger charge is -2.20. The Morgan fingerprint density at radius 2 is 2.11 bits per heavy atom. The minimum Gasteiger partial charge on any atom is -0.396 e. The van der Waals surface area contributed by atoms with Crippen LogP contribution in [0, 0.1) is 11.7 Å². The van der Waals surface area contributed by atoms with E-state index in [0.717, 1.165) is 0 Å². The van der Waals surface area contributed by atoms with Gasteiger partial charge in [-0.1, -0.05) is 12.8 Å². The predicted octanol–water partition coefficient (Wildman–Crippen LogP) is 2.72. The minimum atomic E-state index is -0.490. The fraction of sp³-hybridized carbons (Fsp3) is 0.500. The monoisotopic (exact) mass is 250 g/mol. The second-order valence-electron chi connectivity index (χ2n) is 5.04. The standard InChI is InChI=1S/C14H19FN2O/c1-9(10-4-2-3-5-10)17-14(18)11-6-7-12(15)13(16)8-11/h6-10H,2-5,16H2,1H3,(H,17,18). The number of benzene rings is 1. The van der Waals surface area contributed by atoms with Gasteiger partial charge in [0.25, 0.3) is 5.91 Å². The molecule has 0 saturated heterocycles. The molecule has 1 aliphatic rings. The minimum absolute atomic E-state index is 0.0103. The number of rotatable bonds is 3. The van der Waals surface area contributed by atoms with Crippen LogP contribution in [0.15, 0.2) is 18.2 Å². The SMILES string of the molecule is CC(NC(=O)c1ccc(F)c(N)c1)C1CCCC1. The number of amides is 1. The Labute approximate surface area is 107 Å². The van der Waals surface area contributed by atoms with Crippen LogP contribution in [0.3, 0.4) is 0 Å². The Morgan fingerprint density at radius 1 is 1.44 bits per heavy atom. The van der Waals surface area contributed by atoms with Gasteiger partial charge >= 0.3 is 0 Å². The molecule has 1 aliphatic carbocycles. The fourth-order valence-electron chi connectivity index (χ4n) is 2.55. The molecule has 2 rings (SSSR count). The van der Waals surface area contributed by atoms with Crippen LogP contribution in [0.4, 0.5) is 10.1 Å². The summed E-state index contributed by atoms with van der Waals surface area (Å²) in [5.74, 6) is -0.108. The van der Waals surface area contributed by atoms with Gasteiger partial charge in [0.05, 0.1) is 5.69 Å². The molecule has 0 spiro atoms. The van der Waals surface area contributed by atoms with E-state index in [-0.39, 0.29) is 17.6 Å². The zero-order chi connectivity index (χ0) is 13.1. The summed E-state index contributed by atoms with van der Waals surface area (Å²) in [6, 6.07) is 4.23. The van der Waals surface area contributed by atoms with E-state index in [1.807, 2.05) is 6.92 Å². The number of nitrogens with two attached hydrogens (primary N) is 1. The highest BCUT2D eigenvalue weighted by Gasteiger charge is 2.23. The van der Waals surface area contributed by atoms with E-state index in [4.69, 9.17) is 5.73 Å². The molecule has 1 saturated carbocycles. The molecule has 18 heavy (non-hydrogen) atoms. The van der Waals surface area contributed by atoms with Gasteiger partial charge in [0.2, 0.25) is 0 Å². The molecule has 1 fully saturated rings. The van der Waals surface area contributed by atoms with Gasteiger partial charge in [-0.15, -0.1) is 0 Å². The summed E-state index contributed by atoms with van der Waals surface area (Å²) in [6.07, 6.45) is 4.84. The van der Waals surface area contributed by atoms with Crippen LogP contribution in [-0.2, 0) is 0 Å². The molecule has 0 bridgehead atoms. The van der Waals surface area contributed by atoms with Crippen LogP contribution in [-0.4, -0.2) is 11.9 Å². The van der Waals surface area contributed by atoms with E-state index in [0.29, 0.717) is 11.5 Å². The maximum absolute atomic E-state index is 13.0. The zero-order valence-corrected chi connectivity index (χ0v) is 10.6. The maximum atomic E-state index is 13.0. The van der Waals surface area contributed by atoms with Crippen LogP contribution in [0.25, 0.3) is 0 Å². The van der Waals surface area contributed by atoms with E-state index >= 15 is 0 Å². The third-order valence-electron chi connectivity index (χ3n) is 3.72. The molecule has 98 valence electrons. The van der Waals surface area contributed by atoms with Gasteiger partial charge in [0, 0.05) is 11.6 Å². The van der Waals surface area contributed by atoms with E-state index in [1.165, 1.54) is 43.9 Å². The lowest BCUT2D eigenvalue weighted by molar-refractivity contribution is 0.0927. The van der Waals surface area contributed by atoms with Crippen LogP contribution >= 0.6 is 0 Å². The van der Waals surface area contributed by atoms with Crippen molar-refractivity contribution in [3.63, 3.8) is 0 Å². The van der Waals surface area contributed by atoms with Gasteiger partial charge in [-0.3, -0.25) is 4.79 Å². The first-order chi connectivity index (χ1) is 8.58. The Balaban J connectivity index is 2.00. The fourth-order valence-corrected chi connectivity index (χ4v) is 2.55. The molecular formula is C14H19FN2O. The summed E-state index contributed by atoms with van der Waals surface area (Å²) < 4.78 is 13.0. The first-order valence-corrected chi connectivity index (χ1v) is 6.44. The molecule has 1 atom stereocenters. The molecule has 3 nitrogen and oxygen atoms in total. The van der Waals surface area contributed by atoms with Crippen molar-refractivity contribution >= 4 is 11.6 Å². The Kier molecular flexibility index (Phi) is 3.84. The molecule has 0 radical (unpaired) electrons. The predicted molar refractivity (Wildman–Crippen MR) is 69.7 cm³/mol. The van der Waals surface area contributed by atoms with E-state index in [2.05, 4.69) is 5.32 Å². The van der Waals surface area contributed by atoms with Gasteiger partial charge in [0.15, 0.2) is 0 Å². The number of nitrogen functional groups attached to an aromatic ring is 1. The highest BCUT2D eigenvalue weighted by Crippen LogP contribution is 2.27. The smallest absolute Gasteiger partial charge is 0.251 e. The molecule has 1 aromatic rings. The average molecular weight is 250 g/mol. The lowest BCUT2D eigenvalue weighted by atomic mass is 9.99. The molecule has 3 N–H and O–H groups in total. The molecule has 0 aromatic heterocycles. The topological polar surface area (TPSA) is 55.1 Å². The average Bonchev–Trinajstić information content (AvgIpc) is 2.86. The maximum Gasteiger partial charge on any atom is 0.251 e. The van der Waals surface area contributed by atoms with Crippen molar-refractivity contribution in [1.82, 2.24) is 5.32 Å².